The Balaban J connectivity index is 1.47. The zero-order valence-corrected chi connectivity index (χ0v) is 18.5. The Morgan fingerprint density at radius 3 is 2.34 bits per heavy atom. The van der Waals surface area contributed by atoms with Crippen molar-refractivity contribution in [2.45, 2.75) is 0 Å². The number of benzene rings is 3. The van der Waals surface area contributed by atoms with Gasteiger partial charge in [0.1, 0.15) is 16.9 Å². The maximum absolute atomic E-state index is 5.84. The second-order valence-electron chi connectivity index (χ2n) is 8.20. The van der Waals surface area contributed by atoms with Crippen molar-refractivity contribution in [3.63, 3.8) is 0 Å². The Hall–Kier alpha value is -4.97. The molecule has 6 nitrogen and oxygen atoms in total. The molecule has 0 N–H and O–H groups in total. The predicted molar refractivity (Wildman–Crippen MR) is 137 cm³/mol. The van der Waals surface area contributed by atoms with Crippen molar-refractivity contribution < 1.29 is 4.42 Å². The molecule has 0 aliphatic rings. The number of nitrogens with zero attached hydrogens (tertiary/aromatic N) is 5. The molecule has 0 spiro atoms. The molecule has 4 heterocycles. The molecule has 35 heavy (non-hydrogen) atoms. The molecule has 4 aromatic heterocycles. The summed E-state index contributed by atoms with van der Waals surface area (Å²) in [6.07, 6.45) is 1.68. The van der Waals surface area contributed by atoms with Crippen molar-refractivity contribution in [1.29, 1.82) is 0 Å². The Morgan fingerprint density at radius 2 is 1.43 bits per heavy atom. The topological polar surface area (TPSA) is 77.6 Å². The Labute approximate surface area is 200 Å². The van der Waals surface area contributed by atoms with E-state index < -0.39 is 0 Å². The van der Waals surface area contributed by atoms with Gasteiger partial charge in [0.25, 0.3) is 0 Å². The van der Waals surface area contributed by atoms with Gasteiger partial charge in [-0.1, -0.05) is 66.7 Å². The summed E-state index contributed by atoms with van der Waals surface area (Å²) in [4.78, 5) is 23.6. The maximum atomic E-state index is 5.84. The minimum Gasteiger partial charge on any atom is -0.416 e. The fraction of sp³-hybridized carbons (Fsp3) is 0. The van der Waals surface area contributed by atoms with E-state index in [0.29, 0.717) is 34.3 Å². The zero-order valence-electron chi connectivity index (χ0n) is 18.5. The molecule has 3 aromatic carbocycles. The number of rotatable bonds is 3. The average molecular weight is 451 g/mol. The summed E-state index contributed by atoms with van der Waals surface area (Å²) in [5, 5.41) is 3.20. The van der Waals surface area contributed by atoms with Gasteiger partial charge in [-0.3, -0.25) is 0 Å². The van der Waals surface area contributed by atoms with E-state index in [1.807, 2.05) is 60.7 Å². The van der Waals surface area contributed by atoms with E-state index in [0.717, 1.165) is 32.9 Å². The number of hydrogen-bond donors (Lipinski definition) is 0. The second kappa shape index (κ2) is 7.81. The average Bonchev–Trinajstić information content (AvgIpc) is 3.37. The van der Waals surface area contributed by atoms with Gasteiger partial charge in [0, 0.05) is 22.5 Å². The second-order valence-corrected chi connectivity index (χ2v) is 8.20. The molecular formula is C29H17N5O. The molecule has 164 valence electrons. The van der Waals surface area contributed by atoms with Gasteiger partial charge in [-0.2, -0.15) is 0 Å². The number of aromatic nitrogens is 5. The van der Waals surface area contributed by atoms with Crippen molar-refractivity contribution in [3.8, 4) is 34.4 Å². The third-order valence-electron chi connectivity index (χ3n) is 6.00. The summed E-state index contributed by atoms with van der Waals surface area (Å²) in [5.41, 5.74) is 5.20. The molecule has 0 radical (unpaired) electrons. The van der Waals surface area contributed by atoms with E-state index in [4.69, 9.17) is 19.4 Å². The normalized spacial score (nSPS) is 11.4. The van der Waals surface area contributed by atoms with Gasteiger partial charge in [0.2, 0.25) is 11.6 Å². The van der Waals surface area contributed by atoms with Crippen LogP contribution in [0.5, 0.6) is 0 Å². The van der Waals surface area contributed by atoms with Crippen molar-refractivity contribution in [1.82, 2.24) is 24.9 Å². The molecule has 0 unspecified atom stereocenters. The first-order chi connectivity index (χ1) is 17.3. The number of oxazole rings is 1. The third kappa shape index (κ3) is 3.31. The van der Waals surface area contributed by atoms with Crippen LogP contribution in [0.1, 0.15) is 0 Å². The third-order valence-corrected chi connectivity index (χ3v) is 6.00. The monoisotopic (exact) mass is 451 g/mol. The van der Waals surface area contributed by atoms with Crippen LogP contribution < -0.4 is 0 Å². The van der Waals surface area contributed by atoms with Crippen LogP contribution in [0.25, 0.3) is 67.3 Å². The molecule has 0 aliphatic carbocycles. The van der Waals surface area contributed by atoms with Crippen molar-refractivity contribution in [3.05, 3.63) is 103 Å². The SMILES string of the molecule is c1ccc(-c2nc(-c3cccc(-c4nc5cccnc5o4)n3)nc3c2ccc2ccccc23)cc1. The van der Waals surface area contributed by atoms with E-state index in [1.54, 1.807) is 6.20 Å². The van der Waals surface area contributed by atoms with E-state index in [-0.39, 0.29) is 0 Å². The van der Waals surface area contributed by atoms with E-state index in [2.05, 4.69) is 46.4 Å². The number of fused-ring (bicyclic) bond motifs is 4. The van der Waals surface area contributed by atoms with Crippen LogP contribution in [0.3, 0.4) is 0 Å². The van der Waals surface area contributed by atoms with Gasteiger partial charge >= 0.3 is 0 Å². The van der Waals surface area contributed by atoms with Crippen LogP contribution in [0.15, 0.2) is 108 Å². The number of hydrogen-bond acceptors (Lipinski definition) is 6. The van der Waals surface area contributed by atoms with Gasteiger partial charge in [-0.15, -0.1) is 0 Å². The quantitative estimate of drug-likeness (QED) is 0.278. The first-order valence-corrected chi connectivity index (χ1v) is 11.3. The Bertz CT molecular complexity index is 1830. The standard InChI is InChI=1S/C29H17N5O/c1-2-9-19(10-3-1)25-21-16-15-18-8-4-5-11-20(18)26(21)34-27(33-25)22-12-6-13-24(31-22)29-32-23-14-7-17-30-28(23)35-29/h1-17H. The molecule has 0 saturated carbocycles. The van der Waals surface area contributed by atoms with Crippen LogP contribution in [-0.4, -0.2) is 24.9 Å². The molecule has 0 saturated heterocycles. The lowest BCUT2D eigenvalue weighted by Crippen LogP contribution is -1.98. The first-order valence-electron chi connectivity index (χ1n) is 11.3. The molecule has 0 amide bonds. The van der Waals surface area contributed by atoms with E-state index >= 15 is 0 Å². The van der Waals surface area contributed by atoms with Gasteiger partial charge in [0.15, 0.2) is 5.82 Å². The van der Waals surface area contributed by atoms with Crippen molar-refractivity contribution in [2.75, 3.05) is 0 Å². The summed E-state index contributed by atoms with van der Waals surface area (Å²) in [5.74, 6) is 0.957. The molecule has 7 rings (SSSR count). The van der Waals surface area contributed by atoms with Crippen LogP contribution in [0, 0.1) is 0 Å². The molecule has 6 heteroatoms. The van der Waals surface area contributed by atoms with Crippen LogP contribution in [0.4, 0.5) is 0 Å². The Morgan fingerprint density at radius 1 is 0.571 bits per heavy atom. The van der Waals surface area contributed by atoms with Crippen molar-refractivity contribution >= 4 is 32.9 Å². The lowest BCUT2D eigenvalue weighted by molar-refractivity contribution is 0.605. The van der Waals surface area contributed by atoms with Crippen LogP contribution >= 0.6 is 0 Å². The molecule has 0 atom stereocenters. The minimum atomic E-state index is 0.412. The highest BCUT2D eigenvalue weighted by Gasteiger charge is 2.16. The largest absolute Gasteiger partial charge is 0.416 e. The van der Waals surface area contributed by atoms with Gasteiger partial charge in [0.05, 0.1) is 11.2 Å². The highest BCUT2D eigenvalue weighted by atomic mass is 16.4. The Kier molecular flexibility index (Phi) is 4.35. The fourth-order valence-corrected chi connectivity index (χ4v) is 4.35. The summed E-state index contributed by atoms with van der Waals surface area (Å²) in [7, 11) is 0. The van der Waals surface area contributed by atoms with Crippen LogP contribution in [0.2, 0.25) is 0 Å². The lowest BCUT2D eigenvalue weighted by atomic mass is 10.0. The lowest BCUT2D eigenvalue weighted by Gasteiger charge is -2.11. The van der Waals surface area contributed by atoms with E-state index in [1.165, 1.54) is 0 Å². The van der Waals surface area contributed by atoms with Crippen molar-refractivity contribution in [2.24, 2.45) is 0 Å². The van der Waals surface area contributed by atoms with E-state index in [9.17, 15) is 0 Å². The molecule has 0 aliphatic heterocycles. The maximum Gasteiger partial charge on any atom is 0.248 e. The molecular weight excluding hydrogens is 434 g/mol. The summed E-state index contributed by atoms with van der Waals surface area (Å²) < 4.78 is 5.84. The highest BCUT2D eigenvalue weighted by Crippen LogP contribution is 2.33. The molecule has 0 fully saturated rings. The molecule has 7 aromatic rings. The minimum absolute atomic E-state index is 0.412. The van der Waals surface area contributed by atoms with Gasteiger partial charge in [-0.05, 0) is 35.7 Å². The zero-order chi connectivity index (χ0) is 23.2. The first kappa shape index (κ1) is 19.5. The predicted octanol–water partition coefficient (Wildman–Crippen LogP) is 6.72. The smallest absolute Gasteiger partial charge is 0.248 e. The fourth-order valence-electron chi connectivity index (χ4n) is 4.35. The summed E-state index contributed by atoms with van der Waals surface area (Å²) in [6.45, 7) is 0. The molecule has 0 bridgehead atoms. The van der Waals surface area contributed by atoms with Crippen LogP contribution in [-0.2, 0) is 0 Å². The summed E-state index contributed by atoms with van der Waals surface area (Å²) >= 11 is 0. The summed E-state index contributed by atoms with van der Waals surface area (Å²) in [6, 6.07) is 32.0. The highest BCUT2D eigenvalue weighted by molar-refractivity contribution is 6.09. The van der Waals surface area contributed by atoms with Gasteiger partial charge in [-0.25, -0.2) is 24.9 Å². The number of pyridine rings is 2. The van der Waals surface area contributed by atoms with Gasteiger partial charge < -0.3 is 4.42 Å².